The molecule has 2 aromatic carbocycles. The minimum atomic E-state index is -4.52. The fourth-order valence-electron chi connectivity index (χ4n) is 2.46. The van der Waals surface area contributed by atoms with Crippen molar-refractivity contribution in [1.82, 2.24) is 0 Å². The van der Waals surface area contributed by atoms with Crippen LogP contribution in [0.25, 0.3) is 0 Å². The van der Waals surface area contributed by atoms with Crippen LogP contribution in [-0.2, 0) is 17.4 Å². The summed E-state index contributed by atoms with van der Waals surface area (Å²) < 4.78 is 48.7. The average molecular weight is 378 g/mol. The molecule has 1 amide bonds. The van der Waals surface area contributed by atoms with Crippen LogP contribution in [0.4, 0.5) is 18.9 Å². The zero-order chi connectivity index (χ0) is 20.0. The molecule has 0 saturated carbocycles. The number of carbonyl (C=O) groups excluding carboxylic acids is 1. The maximum Gasteiger partial charge on any atom is 0.416 e. The summed E-state index contributed by atoms with van der Waals surface area (Å²) in [5.41, 5.74) is -0.349. The molecule has 0 unspecified atom stereocenters. The van der Waals surface area contributed by atoms with Gasteiger partial charge in [0.05, 0.1) is 25.9 Å². The number of carbonyl (C=O) groups is 1. The minimum Gasteiger partial charge on any atom is -0.497 e. The van der Waals surface area contributed by atoms with Gasteiger partial charge in [-0.1, -0.05) is 6.07 Å². The van der Waals surface area contributed by atoms with Crippen LogP contribution in [-0.4, -0.2) is 20.1 Å². The molecule has 142 valence electrons. The standard InChI is InChI=1S/C19H17F3N2O3/c1-26-16-6-7-17(27-2)12(9-16)8-13(11-23)18(25)24-15-5-3-4-14(10-15)19(20,21)22/h3-7,9-10,13H,8H2,1-2H3,(H,24,25)/t13-/m0/s1. The van der Waals surface area contributed by atoms with Crippen molar-refractivity contribution < 1.29 is 27.4 Å². The number of anilines is 1. The third-order valence-corrected chi connectivity index (χ3v) is 3.84. The van der Waals surface area contributed by atoms with Gasteiger partial charge in [-0.05, 0) is 42.0 Å². The molecule has 1 N–H and O–H groups in total. The van der Waals surface area contributed by atoms with Crippen LogP contribution >= 0.6 is 0 Å². The molecule has 1 atom stereocenters. The summed E-state index contributed by atoms with van der Waals surface area (Å²) >= 11 is 0. The van der Waals surface area contributed by atoms with Gasteiger partial charge in [0.2, 0.25) is 5.91 Å². The summed E-state index contributed by atoms with van der Waals surface area (Å²) in [5, 5.41) is 11.7. The molecule has 0 heterocycles. The molecule has 8 heteroatoms. The Morgan fingerprint density at radius 3 is 2.52 bits per heavy atom. The third-order valence-electron chi connectivity index (χ3n) is 3.84. The van der Waals surface area contributed by atoms with Gasteiger partial charge in [-0.2, -0.15) is 18.4 Å². The molecule has 0 aromatic heterocycles. The smallest absolute Gasteiger partial charge is 0.416 e. The third kappa shape index (κ3) is 5.14. The van der Waals surface area contributed by atoms with Crippen molar-refractivity contribution >= 4 is 11.6 Å². The van der Waals surface area contributed by atoms with Gasteiger partial charge in [-0.3, -0.25) is 4.79 Å². The number of hydrogen-bond donors (Lipinski definition) is 1. The largest absolute Gasteiger partial charge is 0.497 e. The molecule has 0 aliphatic rings. The molecular weight excluding hydrogens is 361 g/mol. The topological polar surface area (TPSA) is 71.3 Å². The van der Waals surface area contributed by atoms with E-state index in [9.17, 15) is 23.2 Å². The fraction of sp³-hybridized carbons (Fsp3) is 0.263. The van der Waals surface area contributed by atoms with E-state index >= 15 is 0 Å². The maximum absolute atomic E-state index is 12.8. The molecule has 2 aromatic rings. The van der Waals surface area contributed by atoms with E-state index in [0.29, 0.717) is 17.1 Å². The van der Waals surface area contributed by atoms with E-state index < -0.39 is 23.6 Å². The van der Waals surface area contributed by atoms with Gasteiger partial charge in [0.15, 0.2) is 0 Å². The van der Waals surface area contributed by atoms with Crippen molar-refractivity contribution in [1.29, 1.82) is 5.26 Å². The number of alkyl halides is 3. The highest BCUT2D eigenvalue weighted by Crippen LogP contribution is 2.31. The molecule has 5 nitrogen and oxygen atoms in total. The number of methoxy groups -OCH3 is 2. The van der Waals surface area contributed by atoms with Gasteiger partial charge in [0.1, 0.15) is 17.4 Å². The van der Waals surface area contributed by atoms with Crippen LogP contribution in [0, 0.1) is 17.2 Å². The Kier molecular flexibility index (Phi) is 6.29. The molecule has 0 aliphatic heterocycles. The first-order valence-corrected chi connectivity index (χ1v) is 7.87. The minimum absolute atomic E-state index is 0.0155. The van der Waals surface area contributed by atoms with Gasteiger partial charge in [0.25, 0.3) is 0 Å². The van der Waals surface area contributed by atoms with Crippen LogP contribution in [0.1, 0.15) is 11.1 Å². The summed E-state index contributed by atoms with van der Waals surface area (Å²) in [7, 11) is 2.93. The highest BCUT2D eigenvalue weighted by molar-refractivity contribution is 5.94. The molecule has 0 saturated heterocycles. The summed E-state index contributed by atoms with van der Waals surface area (Å²) in [6.07, 6.45) is -4.51. The van der Waals surface area contributed by atoms with E-state index in [1.807, 2.05) is 6.07 Å². The van der Waals surface area contributed by atoms with Crippen molar-refractivity contribution in [3.8, 4) is 17.6 Å². The van der Waals surface area contributed by atoms with E-state index in [4.69, 9.17) is 9.47 Å². The number of amides is 1. The Morgan fingerprint density at radius 1 is 1.19 bits per heavy atom. The molecular formula is C19H17F3N2O3. The van der Waals surface area contributed by atoms with Crippen molar-refractivity contribution in [2.45, 2.75) is 12.6 Å². The van der Waals surface area contributed by atoms with Crippen LogP contribution < -0.4 is 14.8 Å². The zero-order valence-corrected chi connectivity index (χ0v) is 14.6. The summed E-state index contributed by atoms with van der Waals surface area (Å²) in [5.74, 6) is -0.828. The SMILES string of the molecule is COc1ccc(OC)c(C[C@@H](C#N)C(=O)Nc2cccc(C(F)(F)F)c2)c1. The highest BCUT2D eigenvalue weighted by atomic mass is 19.4. The van der Waals surface area contributed by atoms with E-state index in [1.165, 1.54) is 26.4 Å². The van der Waals surface area contributed by atoms with E-state index in [1.54, 1.807) is 18.2 Å². The average Bonchev–Trinajstić information content (AvgIpc) is 2.65. The van der Waals surface area contributed by atoms with Crippen molar-refractivity contribution in [2.24, 2.45) is 5.92 Å². The summed E-state index contributed by atoms with van der Waals surface area (Å²) in [4.78, 5) is 12.4. The lowest BCUT2D eigenvalue weighted by molar-refractivity contribution is -0.137. The Morgan fingerprint density at radius 2 is 1.93 bits per heavy atom. The fourth-order valence-corrected chi connectivity index (χ4v) is 2.46. The van der Waals surface area contributed by atoms with Crippen LogP contribution in [0.2, 0.25) is 0 Å². The van der Waals surface area contributed by atoms with Gasteiger partial charge in [-0.15, -0.1) is 0 Å². The number of hydrogen-bond acceptors (Lipinski definition) is 4. The summed E-state index contributed by atoms with van der Waals surface area (Å²) in [6.45, 7) is 0. The van der Waals surface area contributed by atoms with E-state index in [2.05, 4.69) is 5.32 Å². The predicted molar refractivity (Wildman–Crippen MR) is 92.4 cm³/mol. The molecule has 0 fully saturated rings. The molecule has 0 radical (unpaired) electrons. The zero-order valence-electron chi connectivity index (χ0n) is 14.6. The first-order valence-electron chi connectivity index (χ1n) is 7.87. The molecule has 0 bridgehead atoms. The number of nitriles is 1. The second-order valence-electron chi connectivity index (χ2n) is 5.63. The number of halogens is 3. The first-order chi connectivity index (χ1) is 12.8. The number of nitrogens with one attached hydrogen (secondary N) is 1. The number of ether oxygens (including phenoxy) is 2. The first kappa shape index (κ1) is 20.1. The van der Waals surface area contributed by atoms with Crippen molar-refractivity contribution in [2.75, 3.05) is 19.5 Å². The Bertz CT molecular complexity index is 860. The van der Waals surface area contributed by atoms with E-state index in [-0.39, 0.29) is 12.1 Å². The lowest BCUT2D eigenvalue weighted by atomic mass is 9.98. The predicted octanol–water partition coefficient (Wildman–Crippen LogP) is 4.04. The van der Waals surface area contributed by atoms with Gasteiger partial charge in [-0.25, -0.2) is 0 Å². The second kappa shape index (κ2) is 8.45. The van der Waals surface area contributed by atoms with E-state index in [0.717, 1.165) is 12.1 Å². The van der Waals surface area contributed by atoms with Gasteiger partial charge in [0, 0.05) is 12.1 Å². The van der Waals surface area contributed by atoms with Gasteiger partial charge < -0.3 is 14.8 Å². The van der Waals surface area contributed by atoms with Crippen molar-refractivity contribution in [3.05, 3.63) is 53.6 Å². The molecule has 2 rings (SSSR count). The molecule has 0 aliphatic carbocycles. The normalized spacial score (nSPS) is 12.0. The molecule has 0 spiro atoms. The highest BCUT2D eigenvalue weighted by Gasteiger charge is 2.30. The lowest BCUT2D eigenvalue weighted by Crippen LogP contribution is -2.24. The lowest BCUT2D eigenvalue weighted by Gasteiger charge is -2.14. The maximum atomic E-state index is 12.8. The monoisotopic (exact) mass is 378 g/mol. The Hall–Kier alpha value is -3.21. The molecule has 27 heavy (non-hydrogen) atoms. The van der Waals surface area contributed by atoms with Crippen LogP contribution in [0.5, 0.6) is 11.5 Å². The van der Waals surface area contributed by atoms with Crippen LogP contribution in [0.3, 0.4) is 0 Å². The van der Waals surface area contributed by atoms with Gasteiger partial charge >= 0.3 is 6.18 Å². The van der Waals surface area contributed by atoms with Crippen molar-refractivity contribution in [3.63, 3.8) is 0 Å². The Labute approximate surface area is 154 Å². The summed E-state index contributed by atoms with van der Waals surface area (Å²) in [6, 6.07) is 11.1. The number of nitrogens with zero attached hydrogens (tertiary/aromatic N) is 1. The quantitative estimate of drug-likeness (QED) is 0.823. The Balaban J connectivity index is 2.19. The number of benzene rings is 2. The second-order valence-corrected chi connectivity index (χ2v) is 5.63. The van der Waals surface area contributed by atoms with Crippen LogP contribution in [0.15, 0.2) is 42.5 Å². The number of rotatable bonds is 6.